The van der Waals surface area contributed by atoms with Crippen LogP contribution in [-0.4, -0.2) is 55.0 Å². The van der Waals surface area contributed by atoms with Gasteiger partial charge in [-0.1, -0.05) is 0 Å². The van der Waals surface area contributed by atoms with E-state index in [1.54, 1.807) is 29.8 Å². The predicted octanol–water partition coefficient (Wildman–Crippen LogP) is 0.946. The van der Waals surface area contributed by atoms with Crippen molar-refractivity contribution in [3.8, 4) is 11.5 Å². The number of carbonyl (C=O) groups is 2. The summed E-state index contributed by atoms with van der Waals surface area (Å²) >= 11 is 0. The van der Waals surface area contributed by atoms with Crippen LogP contribution in [-0.2, 0) is 28.3 Å². The Balaban J connectivity index is 1.37. The first kappa shape index (κ1) is 22.6. The molecule has 0 unspecified atom stereocenters. The van der Waals surface area contributed by atoms with Gasteiger partial charge in [0.2, 0.25) is 22.7 Å². The Morgan fingerprint density at radius 1 is 1.09 bits per heavy atom. The van der Waals surface area contributed by atoms with Gasteiger partial charge in [0.1, 0.15) is 5.82 Å². The molecular formula is C21H23N5O6S. The lowest BCUT2D eigenvalue weighted by Gasteiger charge is -2.10. The van der Waals surface area contributed by atoms with E-state index in [1.165, 1.54) is 32.3 Å². The number of amides is 2. The average Bonchev–Trinajstić information content (AvgIpc) is 3.39. The number of hydrogen-bond acceptors (Lipinski definition) is 7. The van der Waals surface area contributed by atoms with Gasteiger partial charge in [0.15, 0.2) is 11.5 Å². The third kappa shape index (κ3) is 4.47. The second-order valence-corrected chi connectivity index (χ2v) is 9.75. The molecule has 0 spiro atoms. The summed E-state index contributed by atoms with van der Waals surface area (Å²) < 4.78 is 38.1. The first-order valence-corrected chi connectivity index (χ1v) is 11.5. The molecule has 3 aromatic rings. The van der Waals surface area contributed by atoms with E-state index in [9.17, 15) is 18.0 Å². The van der Waals surface area contributed by atoms with E-state index in [0.29, 0.717) is 34.8 Å². The Hall–Kier alpha value is -3.64. The summed E-state index contributed by atoms with van der Waals surface area (Å²) in [6.07, 6.45) is 0.369. The summed E-state index contributed by atoms with van der Waals surface area (Å²) in [5, 5.41) is 0. The molecule has 11 nitrogen and oxygen atoms in total. The van der Waals surface area contributed by atoms with Crippen LogP contribution in [0.15, 0.2) is 41.3 Å². The fraction of sp³-hybridized carbons (Fsp3) is 0.286. The van der Waals surface area contributed by atoms with Gasteiger partial charge >= 0.3 is 0 Å². The lowest BCUT2D eigenvalue weighted by Crippen LogP contribution is -2.41. The Labute approximate surface area is 190 Å². The molecule has 1 aromatic heterocycles. The number of nitrogens with one attached hydrogen (secondary N) is 2. The van der Waals surface area contributed by atoms with Gasteiger partial charge in [0.05, 0.1) is 15.9 Å². The number of nitrogens with zero attached hydrogens (tertiary/aromatic N) is 3. The van der Waals surface area contributed by atoms with Crippen molar-refractivity contribution in [2.45, 2.75) is 17.7 Å². The highest BCUT2D eigenvalue weighted by atomic mass is 32.2. The minimum absolute atomic E-state index is 0.0709. The fourth-order valence-electron chi connectivity index (χ4n) is 3.35. The molecule has 12 heteroatoms. The molecule has 0 bridgehead atoms. The van der Waals surface area contributed by atoms with Crippen LogP contribution in [0.5, 0.6) is 11.5 Å². The van der Waals surface area contributed by atoms with Crippen LogP contribution in [0.3, 0.4) is 0 Å². The number of benzene rings is 2. The molecule has 1 aliphatic rings. The second kappa shape index (κ2) is 8.71. The van der Waals surface area contributed by atoms with Crippen molar-refractivity contribution in [2.75, 3.05) is 20.9 Å². The first-order chi connectivity index (χ1) is 15.7. The number of aromatic nitrogens is 2. The highest BCUT2D eigenvalue weighted by Crippen LogP contribution is 2.32. The highest BCUT2D eigenvalue weighted by Gasteiger charge is 2.20. The van der Waals surface area contributed by atoms with E-state index in [0.717, 1.165) is 9.82 Å². The van der Waals surface area contributed by atoms with Gasteiger partial charge in [-0.25, -0.2) is 17.7 Å². The molecule has 1 aliphatic heterocycles. The van der Waals surface area contributed by atoms with Gasteiger partial charge < -0.3 is 14.0 Å². The number of rotatable bonds is 6. The van der Waals surface area contributed by atoms with Crippen molar-refractivity contribution in [1.82, 2.24) is 24.7 Å². The molecule has 2 N–H and O–H groups in total. The van der Waals surface area contributed by atoms with E-state index in [-0.39, 0.29) is 18.1 Å². The van der Waals surface area contributed by atoms with Gasteiger partial charge in [0.25, 0.3) is 5.91 Å². The van der Waals surface area contributed by atoms with Gasteiger partial charge in [0, 0.05) is 39.5 Å². The number of ether oxygens (including phenoxy) is 2. The summed E-state index contributed by atoms with van der Waals surface area (Å²) in [4.78, 5) is 29.1. The zero-order chi connectivity index (χ0) is 23.8. The lowest BCUT2D eigenvalue weighted by atomic mass is 10.2. The Bertz CT molecular complexity index is 1350. The number of fused-ring (bicyclic) bond motifs is 2. The van der Waals surface area contributed by atoms with Crippen molar-refractivity contribution in [2.24, 2.45) is 7.05 Å². The van der Waals surface area contributed by atoms with Crippen LogP contribution in [0.25, 0.3) is 11.0 Å². The maximum atomic E-state index is 12.4. The molecule has 0 fully saturated rings. The third-order valence-corrected chi connectivity index (χ3v) is 7.06. The molecule has 2 heterocycles. The van der Waals surface area contributed by atoms with Crippen LogP contribution in [0.2, 0.25) is 0 Å². The molecule has 0 radical (unpaired) electrons. The van der Waals surface area contributed by atoms with Crippen molar-refractivity contribution < 1.29 is 27.5 Å². The van der Waals surface area contributed by atoms with Crippen LogP contribution in [0.1, 0.15) is 22.6 Å². The zero-order valence-corrected chi connectivity index (χ0v) is 19.1. The Morgan fingerprint density at radius 2 is 1.85 bits per heavy atom. The summed E-state index contributed by atoms with van der Waals surface area (Å²) in [6, 6.07) is 9.46. The molecule has 0 aliphatic carbocycles. The first-order valence-electron chi connectivity index (χ1n) is 10.0. The maximum Gasteiger partial charge on any atom is 0.269 e. The summed E-state index contributed by atoms with van der Waals surface area (Å²) in [5.41, 5.74) is 6.34. The molecule has 0 atom stereocenters. The van der Waals surface area contributed by atoms with E-state index >= 15 is 0 Å². The Kier molecular flexibility index (Phi) is 5.95. The number of imidazole rings is 1. The maximum absolute atomic E-state index is 12.4. The molecule has 2 amide bonds. The number of aryl methyl sites for hydroxylation is 2. The molecule has 174 valence electrons. The number of carbonyl (C=O) groups excluding carboxylic acids is 2. The van der Waals surface area contributed by atoms with E-state index in [1.807, 2.05) is 0 Å². The van der Waals surface area contributed by atoms with E-state index in [2.05, 4.69) is 15.8 Å². The lowest BCUT2D eigenvalue weighted by molar-refractivity contribution is -0.121. The summed E-state index contributed by atoms with van der Waals surface area (Å²) in [7, 11) is 1.15. The molecule has 33 heavy (non-hydrogen) atoms. The number of sulfonamides is 1. The predicted molar refractivity (Wildman–Crippen MR) is 118 cm³/mol. The normalized spacial score (nSPS) is 12.8. The largest absolute Gasteiger partial charge is 0.454 e. The third-order valence-electron chi connectivity index (χ3n) is 5.25. The van der Waals surface area contributed by atoms with E-state index in [4.69, 9.17) is 9.47 Å². The molecule has 4 rings (SSSR count). The van der Waals surface area contributed by atoms with Crippen molar-refractivity contribution in [3.63, 3.8) is 0 Å². The van der Waals surface area contributed by atoms with Crippen LogP contribution < -0.4 is 20.3 Å². The van der Waals surface area contributed by atoms with Gasteiger partial charge in [-0.15, -0.1) is 0 Å². The van der Waals surface area contributed by atoms with Crippen molar-refractivity contribution in [1.29, 1.82) is 0 Å². The molecular weight excluding hydrogens is 450 g/mol. The topological polar surface area (TPSA) is 132 Å². The van der Waals surface area contributed by atoms with Crippen molar-refractivity contribution in [3.05, 3.63) is 47.8 Å². The monoisotopic (exact) mass is 473 g/mol. The van der Waals surface area contributed by atoms with Gasteiger partial charge in [-0.2, -0.15) is 0 Å². The quantitative estimate of drug-likeness (QED) is 0.510. The van der Waals surface area contributed by atoms with Gasteiger partial charge in [-0.3, -0.25) is 20.4 Å². The number of hydrazine groups is 1. The van der Waals surface area contributed by atoms with Crippen LogP contribution >= 0.6 is 0 Å². The standard InChI is InChI=1S/C21H23N5O6S/c1-25(2)33(29,30)14-5-6-16-15(11-14)22-19(26(16)3)8-9-20(27)23-24-21(28)13-4-7-17-18(10-13)32-12-31-17/h4-7,10-11H,8-9,12H2,1-3H3,(H,23,27)(H,24,28). The molecule has 0 saturated carbocycles. The molecule has 0 saturated heterocycles. The number of hydrogen-bond donors (Lipinski definition) is 2. The summed E-state index contributed by atoms with van der Waals surface area (Å²) in [6.45, 7) is 0.103. The minimum atomic E-state index is -3.57. The van der Waals surface area contributed by atoms with E-state index < -0.39 is 21.8 Å². The zero-order valence-electron chi connectivity index (χ0n) is 18.3. The second-order valence-electron chi connectivity index (χ2n) is 7.60. The summed E-state index contributed by atoms with van der Waals surface area (Å²) in [5.74, 6) is 0.759. The van der Waals surface area contributed by atoms with Crippen LogP contribution in [0, 0.1) is 0 Å². The Morgan fingerprint density at radius 3 is 2.61 bits per heavy atom. The molecule has 2 aromatic carbocycles. The fourth-order valence-corrected chi connectivity index (χ4v) is 4.27. The van der Waals surface area contributed by atoms with Crippen molar-refractivity contribution >= 4 is 32.9 Å². The smallest absolute Gasteiger partial charge is 0.269 e. The minimum Gasteiger partial charge on any atom is -0.454 e. The van der Waals surface area contributed by atoms with Crippen LogP contribution in [0.4, 0.5) is 0 Å². The average molecular weight is 474 g/mol. The highest BCUT2D eigenvalue weighted by molar-refractivity contribution is 7.89. The van der Waals surface area contributed by atoms with Gasteiger partial charge in [-0.05, 0) is 36.4 Å². The SMILES string of the molecule is CN(C)S(=O)(=O)c1ccc2c(c1)nc(CCC(=O)NNC(=O)c1ccc3c(c1)OCO3)n2C.